The van der Waals surface area contributed by atoms with Gasteiger partial charge in [0.2, 0.25) is 0 Å². The second-order valence-electron chi connectivity index (χ2n) is 11.9. The number of aliphatic hydroxyl groups excluding tert-OH is 1. The van der Waals surface area contributed by atoms with Crippen molar-refractivity contribution in [3.05, 3.63) is 51.4 Å². The van der Waals surface area contributed by atoms with Gasteiger partial charge in [0.1, 0.15) is 34.6 Å². The van der Waals surface area contributed by atoms with Crippen molar-refractivity contribution >= 4 is 39.7 Å². The van der Waals surface area contributed by atoms with Crippen LogP contribution >= 0.6 is 23.1 Å². The smallest absolute Gasteiger partial charge is 0.320 e. The lowest BCUT2D eigenvalue weighted by Gasteiger charge is -2.48. The Morgan fingerprint density at radius 3 is 2.65 bits per heavy atom. The Hall–Kier alpha value is -3.82. The average molecular weight is 665 g/mol. The number of aliphatic hydroxyl groups is 1. The number of ether oxygens (including phenoxy) is 1. The van der Waals surface area contributed by atoms with Crippen molar-refractivity contribution in [2.24, 2.45) is 0 Å². The predicted molar refractivity (Wildman–Crippen MR) is 177 cm³/mol. The Morgan fingerprint density at radius 2 is 2.00 bits per heavy atom. The average Bonchev–Trinajstić information content (AvgIpc) is 3.79. The van der Waals surface area contributed by atoms with Gasteiger partial charge in [-0.05, 0) is 38.8 Å². The number of thiophene rings is 1. The highest BCUT2D eigenvalue weighted by molar-refractivity contribution is 8.00. The van der Waals surface area contributed by atoms with Gasteiger partial charge in [0.25, 0.3) is 0 Å². The number of alkyl halides is 1. The SMILES string of the molecule is CCN(c1nc(OC)nc(N2CC3(C2)SCc2sc(N)c(C#N)c23)c1C#N)C(CO)c1ccccc1O.FC1CC2CCCN2C1. The number of para-hydroxylation sites is 1. The Bertz CT molecular complexity index is 1670. The number of phenols is 1. The second kappa shape index (κ2) is 13.1. The molecule has 0 aliphatic carbocycles. The van der Waals surface area contributed by atoms with E-state index in [1.54, 1.807) is 40.9 Å². The number of nitriles is 2. The first-order valence-electron chi connectivity index (χ1n) is 15.4. The molecule has 46 heavy (non-hydrogen) atoms. The van der Waals surface area contributed by atoms with Gasteiger partial charge in [-0.2, -0.15) is 20.5 Å². The maximum absolute atomic E-state index is 12.6. The molecule has 0 amide bonds. The van der Waals surface area contributed by atoms with Crippen molar-refractivity contribution in [3.8, 4) is 23.9 Å². The number of likely N-dealkylation sites (N-methyl/N-ethyl adjacent to an activating group) is 1. The molecule has 2 aromatic heterocycles. The zero-order valence-electron chi connectivity index (χ0n) is 25.8. The standard InChI is InChI=1S/C25H25N7O3S2.C7H12FN/c1-3-32(17(10-33)14-6-4-5-7-18(14)34)23-16(9-27)22(29-24(30-23)35-2)31-12-25(13-31)20-15(8-26)21(28)37-19(20)11-36-25;8-6-4-7-2-1-3-9(7)5-6/h4-7,17,33-34H,3,10-13,28H2,1-2H3;6-7H,1-5H2. The number of nitrogens with two attached hydrogens (primary N) is 1. The number of nitrogen functional groups attached to an aromatic ring is 1. The first-order valence-corrected chi connectivity index (χ1v) is 17.2. The van der Waals surface area contributed by atoms with E-state index >= 15 is 0 Å². The first-order chi connectivity index (χ1) is 22.3. The zero-order valence-corrected chi connectivity index (χ0v) is 27.5. The van der Waals surface area contributed by atoms with Gasteiger partial charge in [0.15, 0.2) is 11.6 Å². The largest absolute Gasteiger partial charge is 0.508 e. The highest BCUT2D eigenvalue weighted by Crippen LogP contribution is 2.58. The molecule has 242 valence electrons. The highest BCUT2D eigenvalue weighted by Gasteiger charge is 2.53. The van der Waals surface area contributed by atoms with Crippen LogP contribution in [0.25, 0.3) is 0 Å². The van der Waals surface area contributed by atoms with Gasteiger partial charge in [0, 0.05) is 54.0 Å². The Morgan fingerprint density at radius 1 is 1.24 bits per heavy atom. The van der Waals surface area contributed by atoms with E-state index in [0.717, 1.165) is 29.2 Å². The minimum atomic E-state index is -0.645. The normalized spacial score (nSPS) is 21.4. The number of halogens is 1. The van der Waals surface area contributed by atoms with Crippen molar-refractivity contribution in [1.29, 1.82) is 10.5 Å². The molecule has 6 heterocycles. The van der Waals surface area contributed by atoms with Crippen LogP contribution in [0.15, 0.2) is 24.3 Å². The number of benzene rings is 1. The summed E-state index contributed by atoms with van der Waals surface area (Å²) >= 11 is 3.25. The van der Waals surface area contributed by atoms with Crippen molar-refractivity contribution in [1.82, 2.24) is 14.9 Å². The van der Waals surface area contributed by atoms with E-state index in [1.165, 1.54) is 31.3 Å². The van der Waals surface area contributed by atoms with Crippen LogP contribution in [-0.2, 0) is 10.5 Å². The number of rotatable bonds is 7. The number of hydrogen-bond acceptors (Lipinski definition) is 13. The second-order valence-corrected chi connectivity index (χ2v) is 14.4. The van der Waals surface area contributed by atoms with Gasteiger partial charge in [-0.15, -0.1) is 23.1 Å². The van der Waals surface area contributed by atoms with Crippen molar-refractivity contribution in [2.45, 2.75) is 54.9 Å². The van der Waals surface area contributed by atoms with E-state index in [-0.39, 0.29) is 28.7 Å². The van der Waals surface area contributed by atoms with E-state index < -0.39 is 12.2 Å². The fraction of sp³-hybridized carbons (Fsp3) is 0.500. The molecule has 4 aliphatic rings. The molecular formula is C32H37FN8O3S2. The Balaban J connectivity index is 0.000000352. The summed E-state index contributed by atoms with van der Waals surface area (Å²) in [7, 11) is 1.46. The van der Waals surface area contributed by atoms with Gasteiger partial charge >= 0.3 is 6.01 Å². The molecule has 14 heteroatoms. The van der Waals surface area contributed by atoms with Gasteiger partial charge in [0.05, 0.1) is 30.1 Å². The summed E-state index contributed by atoms with van der Waals surface area (Å²) in [6, 6.07) is 11.4. The van der Waals surface area contributed by atoms with Crippen LogP contribution < -0.4 is 20.3 Å². The molecule has 4 N–H and O–H groups in total. The lowest BCUT2D eigenvalue weighted by molar-refractivity contribution is 0.258. The van der Waals surface area contributed by atoms with E-state index in [9.17, 15) is 25.1 Å². The maximum atomic E-state index is 12.6. The Kier molecular flexibility index (Phi) is 9.17. The quantitative estimate of drug-likeness (QED) is 0.330. The summed E-state index contributed by atoms with van der Waals surface area (Å²) in [5.74, 6) is 1.58. The van der Waals surface area contributed by atoms with Gasteiger partial charge in [-0.3, -0.25) is 4.90 Å². The van der Waals surface area contributed by atoms with Crippen molar-refractivity contribution in [2.75, 3.05) is 62.0 Å². The molecule has 3 saturated heterocycles. The molecular weight excluding hydrogens is 628 g/mol. The van der Waals surface area contributed by atoms with Gasteiger partial charge in [-0.1, -0.05) is 18.2 Å². The molecule has 1 spiro atoms. The van der Waals surface area contributed by atoms with Crippen LogP contribution in [0.5, 0.6) is 11.8 Å². The summed E-state index contributed by atoms with van der Waals surface area (Å²) in [5, 5.41) is 41.3. The number of aromatic hydroxyl groups is 1. The molecule has 4 aliphatic heterocycles. The number of nitrogens with zero attached hydrogens (tertiary/aromatic N) is 7. The molecule has 1 aromatic carbocycles. The van der Waals surface area contributed by atoms with Crippen LogP contribution in [0, 0.1) is 22.7 Å². The Labute approximate surface area is 276 Å². The molecule has 3 atom stereocenters. The topological polar surface area (TPSA) is 159 Å². The molecule has 3 aromatic rings. The monoisotopic (exact) mass is 664 g/mol. The molecule has 3 unspecified atom stereocenters. The summed E-state index contributed by atoms with van der Waals surface area (Å²) in [4.78, 5) is 16.2. The van der Waals surface area contributed by atoms with Crippen LogP contribution in [0.4, 0.5) is 21.0 Å². The maximum Gasteiger partial charge on any atom is 0.320 e. The lowest BCUT2D eigenvalue weighted by Crippen LogP contribution is -2.57. The van der Waals surface area contributed by atoms with Gasteiger partial charge < -0.3 is 30.5 Å². The van der Waals surface area contributed by atoms with Crippen LogP contribution in [-0.4, -0.2) is 83.7 Å². The van der Waals surface area contributed by atoms with Crippen LogP contribution in [0.3, 0.4) is 0 Å². The minimum Gasteiger partial charge on any atom is -0.508 e. The molecule has 0 bridgehead atoms. The first kappa shape index (κ1) is 32.1. The highest BCUT2D eigenvalue weighted by atomic mass is 32.2. The van der Waals surface area contributed by atoms with E-state index in [2.05, 4.69) is 27.0 Å². The minimum absolute atomic E-state index is 0.0434. The fourth-order valence-corrected chi connectivity index (χ4v) is 9.97. The summed E-state index contributed by atoms with van der Waals surface area (Å²) in [6.45, 7) is 4.95. The lowest BCUT2D eigenvalue weighted by atomic mass is 9.88. The molecule has 0 saturated carbocycles. The van der Waals surface area contributed by atoms with Crippen molar-refractivity contribution in [3.63, 3.8) is 0 Å². The zero-order chi connectivity index (χ0) is 32.6. The molecule has 0 radical (unpaired) electrons. The number of methoxy groups -OCH3 is 1. The van der Waals surface area contributed by atoms with Crippen LogP contribution in [0.1, 0.15) is 59.4 Å². The number of thioether (sulfide) groups is 1. The molecule has 7 rings (SSSR count). The number of anilines is 3. The van der Waals surface area contributed by atoms with Crippen LogP contribution in [0.2, 0.25) is 0 Å². The number of phenolic OH excluding ortho intramolecular Hbond substituents is 1. The molecule has 3 fully saturated rings. The summed E-state index contributed by atoms with van der Waals surface area (Å²) in [6.07, 6.45) is 2.81. The number of hydrogen-bond donors (Lipinski definition) is 3. The number of fused-ring (bicyclic) bond motifs is 3. The van der Waals surface area contributed by atoms with Crippen molar-refractivity contribution < 1.29 is 19.3 Å². The molecule has 11 nitrogen and oxygen atoms in total. The third kappa shape index (κ3) is 5.58. The van der Waals surface area contributed by atoms with E-state index in [0.29, 0.717) is 60.0 Å². The predicted octanol–water partition coefficient (Wildman–Crippen LogP) is 4.29. The summed E-state index contributed by atoms with van der Waals surface area (Å²) < 4.78 is 17.7. The van der Waals surface area contributed by atoms with Gasteiger partial charge in [-0.25, -0.2) is 4.39 Å². The number of aromatic nitrogens is 2. The fourth-order valence-electron chi connectivity index (χ4n) is 7.16. The van der Waals surface area contributed by atoms with E-state index in [4.69, 9.17) is 10.5 Å². The third-order valence-electron chi connectivity index (χ3n) is 9.31. The summed E-state index contributed by atoms with van der Waals surface area (Å²) in [5.41, 5.74) is 8.44. The third-order valence-corrected chi connectivity index (χ3v) is 12.0. The van der Waals surface area contributed by atoms with E-state index in [1.807, 2.05) is 11.8 Å².